The maximum Gasteiger partial charge on any atom is 0.123 e. The van der Waals surface area contributed by atoms with E-state index in [9.17, 15) is 0 Å². The molecule has 1 saturated carbocycles. The van der Waals surface area contributed by atoms with E-state index in [0.717, 1.165) is 12.2 Å². The summed E-state index contributed by atoms with van der Waals surface area (Å²) in [7, 11) is 0. The second-order valence-electron chi connectivity index (χ2n) is 5.79. The lowest BCUT2D eigenvalue weighted by Crippen LogP contribution is -2.14. The topological polar surface area (TPSA) is 54.7 Å². The van der Waals surface area contributed by atoms with E-state index in [1.165, 1.54) is 37.8 Å². The van der Waals surface area contributed by atoms with Gasteiger partial charge >= 0.3 is 0 Å². The predicted molar refractivity (Wildman–Crippen MR) is 70.8 cm³/mol. The summed E-state index contributed by atoms with van der Waals surface area (Å²) >= 11 is 0. The van der Waals surface area contributed by atoms with Gasteiger partial charge in [-0.1, -0.05) is 33.1 Å². The van der Waals surface area contributed by atoms with E-state index >= 15 is 0 Å². The summed E-state index contributed by atoms with van der Waals surface area (Å²) in [6, 6.07) is 0.0624. The van der Waals surface area contributed by atoms with Gasteiger partial charge in [0.15, 0.2) is 0 Å². The molecule has 1 aliphatic carbocycles. The van der Waals surface area contributed by atoms with E-state index in [-0.39, 0.29) is 6.04 Å². The van der Waals surface area contributed by atoms with Crippen molar-refractivity contribution >= 4 is 0 Å². The van der Waals surface area contributed by atoms with Gasteiger partial charge in [-0.3, -0.25) is 0 Å². The monoisotopic (exact) mass is 235 g/mol. The van der Waals surface area contributed by atoms with Crippen LogP contribution in [0.25, 0.3) is 0 Å². The van der Waals surface area contributed by atoms with Gasteiger partial charge in [0, 0.05) is 17.8 Å². The second-order valence-corrected chi connectivity index (χ2v) is 5.79. The van der Waals surface area contributed by atoms with Gasteiger partial charge in [0.25, 0.3) is 0 Å². The Balaban J connectivity index is 1.99. The number of imidazole rings is 1. The molecule has 0 amide bonds. The van der Waals surface area contributed by atoms with Gasteiger partial charge in [-0.15, -0.1) is 0 Å². The first kappa shape index (κ1) is 12.6. The smallest absolute Gasteiger partial charge is 0.123 e. The average molecular weight is 235 g/mol. The minimum Gasteiger partial charge on any atom is -0.344 e. The maximum atomic E-state index is 6.15. The van der Waals surface area contributed by atoms with Crippen LogP contribution in [0, 0.1) is 5.92 Å². The van der Waals surface area contributed by atoms with Gasteiger partial charge in [0.2, 0.25) is 0 Å². The number of rotatable bonds is 4. The van der Waals surface area contributed by atoms with Gasteiger partial charge in [-0.05, 0) is 25.2 Å². The van der Waals surface area contributed by atoms with Gasteiger partial charge < -0.3 is 10.7 Å². The molecule has 0 aliphatic heterocycles. The fourth-order valence-corrected chi connectivity index (χ4v) is 2.78. The minimum absolute atomic E-state index is 0.0624. The Morgan fingerprint density at radius 3 is 2.71 bits per heavy atom. The third-order valence-electron chi connectivity index (χ3n) is 3.74. The van der Waals surface area contributed by atoms with E-state index < -0.39 is 0 Å². The van der Waals surface area contributed by atoms with Gasteiger partial charge in [0.05, 0.1) is 6.04 Å². The Morgan fingerprint density at radius 2 is 2.06 bits per heavy atom. The van der Waals surface area contributed by atoms with Crippen LogP contribution in [0.4, 0.5) is 0 Å². The van der Waals surface area contributed by atoms with Crippen molar-refractivity contribution in [3.05, 3.63) is 17.7 Å². The van der Waals surface area contributed by atoms with Crippen LogP contribution in [-0.2, 0) is 0 Å². The molecule has 3 N–H and O–H groups in total. The van der Waals surface area contributed by atoms with E-state index in [2.05, 4.69) is 23.8 Å². The summed E-state index contributed by atoms with van der Waals surface area (Å²) in [5.74, 6) is 2.28. The fraction of sp³-hybridized carbons (Fsp3) is 0.786. The van der Waals surface area contributed by atoms with E-state index in [4.69, 9.17) is 5.73 Å². The van der Waals surface area contributed by atoms with Crippen LogP contribution in [0.3, 0.4) is 0 Å². The molecule has 0 radical (unpaired) electrons. The normalized spacial score (nSPS) is 19.8. The van der Waals surface area contributed by atoms with Gasteiger partial charge in [-0.25, -0.2) is 4.98 Å². The first-order valence-corrected chi connectivity index (χ1v) is 6.97. The second kappa shape index (κ2) is 5.67. The molecule has 2 rings (SSSR count). The van der Waals surface area contributed by atoms with Crippen LogP contribution in [0.15, 0.2) is 6.20 Å². The molecule has 1 aliphatic rings. The van der Waals surface area contributed by atoms with Crippen LogP contribution < -0.4 is 5.73 Å². The summed E-state index contributed by atoms with van der Waals surface area (Å²) < 4.78 is 0. The largest absolute Gasteiger partial charge is 0.344 e. The number of aromatic amines is 1. The highest BCUT2D eigenvalue weighted by atomic mass is 15.0. The molecule has 1 aromatic heterocycles. The molecule has 0 saturated heterocycles. The molecule has 3 heteroatoms. The van der Waals surface area contributed by atoms with Crippen molar-refractivity contribution < 1.29 is 0 Å². The third kappa shape index (κ3) is 3.32. The number of H-pyrrole nitrogens is 1. The van der Waals surface area contributed by atoms with Crippen molar-refractivity contribution in [2.45, 2.75) is 64.3 Å². The Kier molecular flexibility index (Phi) is 4.21. The molecule has 1 unspecified atom stereocenters. The van der Waals surface area contributed by atoms with Gasteiger partial charge in [0.1, 0.15) is 5.82 Å². The summed E-state index contributed by atoms with van der Waals surface area (Å²) in [5, 5.41) is 0. The lowest BCUT2D eigenvalue weighted by molar-refractivity contribution is 0.436. The lowest BCUT2D eigenvalue weighted by Gasteiger charge is -2.20. The number of hydrogen-bond donors (Lipinski definition) is 2. The van der Waals surface area contributed by atoms with E-state index in [1.54, 1.807) is 0 Å². The number of aromatic nitrogens is 2. The lowest BCUT2D eigenvalue weighted by atomic mass is 9.87. The SMILES string of the molecule is CC(C)CC(N)c1ncc(C2CCCCC2)[nH]1. The zero-order valence-corrected chi connectivity index (χ0v) is 11.1. The van der Waals surface area contributed by atoms with Crippen molar-refractivity contribution in [1.82, 2.24) is 9.97 Å². The molecule has 1 heterocycles. The molecule has 0 spiro atoms. The highest BCUT2D eigenvalue weighted by Crippen LogP contribution is 2.32. The molecule has 96 valence electrons. The van der Waals surface area contributed by atoms with Crippen LogP contribution in [0.2, 0.25) is 0 Å². The predicted octanol–water partition coefficient (Wildman–Crippen LogP) is 3.50. The highest BCUT2D eigenvalue weighted by Gasteiger charge is 2.19. The molecule has 3 nitrogen and oxygen atoms in total. The third-order valence-corrected chi connectivity index (χ3v) is 3.74. The number of hydrogen-bond acceptors (Lipinski definition) is 2. The first-order chi connectivity index (χ1) is 8.16. The standard InChI is InChI=1S/C14H25N3/c1-10(2)8-12(15)14-16-9-13(17-14)11-6-4-3-5-7-11/h9-12H,3-8,15H2,1-2H3,(H,16,17). The first-order valence-electron chi connectivity index (χ1n) is 6.97. The molecule has 1 atom stereocenters. The van der Waals surface area contributed by atoms with E-state index in [1.807, 2.05) is 6.20 Å². The molecule has 1 aromatic rings. The quantitative estimate of drug-likeness (QED) is 0.839. The molecule has 0 aromatic carbocycles. The van der Waals surface area contributed by atoms with Crippen LogP contribution in [0.1, 0.15) is 75.9 Å². The molecule has 17 heavy (non-hydrogen) atoms. The number of nitrogens with two attached hydrogens (primary N) is 1. The van der Waals surface area contributed by atoms with Gasteiger partial charge in [-0.2, -0.15) is 0 Å². The Labute approximate surface area is 104 Å². The molecule has 0 bridgehead atoms. The molecular formula is C14H25N3. The zero-order valence-electron chi connectivity index (χ0n) is 11.1. The van der Waals surface area contributed by atoms with Crippen molar-refractivity contribution in [2.24, 2.45) is 11.7 Å². The van der Waals surface area contributed by atoms with Crippen molar-refractivity contribution in [3.8, 4) is 0 Å². The average Bonchev–Trinajstić information content (AvgIpc) is 2.78. The van der Waals surface area contributed by atoms with Crippen molar-refractivity contribution in [2.75, 3.05) is 0 Å². The Morgan fingerprint density at radius 1 is 1.35 bits per heavy atom. The van der Waals surface area contributed by atoms with Crippen LogP contribution >= 0.6 is 0 Å². The number of nitrogens with one attached hydrogen (secondary N) is 1. The summed E-state index contributed by atoms with van der Waals surface area (Å²) in [4.78, 5) is 7.92. The Bertz CT molecular complexity index is 337. The van der Waals surface area contributed by atoms with E-state index in [0.29, 0.717) is 11.8 Å². The minimum atomic E-state index is 0.0624. The molecule has 1 fully saturated rings. The summed E-state index contributed by atoms with van der Waals surface area (Å²) in [6.45, 7) is 4.40. The van der Waals surface area contributed by atoms with Crippen LogP contribution in [-0.4, -0.2) is 9.97 Å². The Hall–Kier alpha value is -0.830. The fourth-order valence-electron chi connectivity index (χ4n) is 2.78. The van der Waals surface area contributed by atoms with Crippen molar-refractivity contribution in [3.63, 3.8) is 0 Å². The molecular weight excluding hydrogens is 210 g/mol. The zero-order chi connectivity index (χ0) is 12.3. The summed E-state index contributed by atoms with van der Waals surface area (Å²) in [5.41, 5.74) is 7.45. The van der Waals surface area contributed by atoms with Crippen LogP contribution in [0.5, 0.6) is 0 Å². The summed E-state index contributed by atoms with van der Waals surface area (Å²) in [6.07, 6.45) is 9.73. The highest BCUT2D eigenvalue weighted by molar-refractivity contribution is 5.10. The maximum absolute atomic E-state index is 6.15. The number of nitrogens with zero attached hydrogens (tertiary/aromatic N) is 1. The van der Waals surface area contributed by atoms with Crippen molar-refractivity contribution in [1.29, 1.82) is 0 Å².